The van der Waals surface area contributed by atoms with Gasteiger partial charge >= 0.3 is 6.18 Å². The zero-order valence-corrected chi connectivity index (χ0v) is 13.5. The molecule has 130 valence electrons. The molecule has 0 bridgehead atoms. The lowest BCUT2D eigenvalue weighted by Gasteiger charge is -2.15. The van der Waals surface area contributed by atoms with Crippen LogP contribution in [0.1, 0.15) is 36.6 Å². The SMILES string of the molecule is COc1ccc(CNc2nnc(C(C)C)cc2C(F)(F)F)c(O)c1. The van der Waals surface area contributed by atoms with Gasteiger partial charge in [-0.3, -0.25) is 0 Å². The maximum Gasteiger partial charge on any atom is 0.420 e. The number of aromatic nitrogens is 2. The number of halogens is 3. The van der Waals surface area contributed by atoms with Crippen LogP contribution in [0.25, 0.3) is 0 Å². The van der Waals surface area contributed by atoms with Crippen molar-refractivity contribution in [2.24, 2.45) is 0 Å². The Morgan fingerprint density at radius 3 is 2.46 bits per heavy atom. The topological polar surface area (TPSA) is 67.3 Å². The van der Waals surface area contributed by atoms with Crippen LogP contribution in [0.2, 0.25) is 0 Å². The molecule has 0 aliphatic rings. The van der Waals surface area contributed by atoms with Gasteiger partial charge in [0.25, 0.3) is 0 Å². The fraction of sp³-hybridized carbons (Fsp3) is 0.375. The minimum absolute atomic E-state index is 0.0331. The number of rotatable bonds is 5. The largest absolute Gasteiger partial charge is 0.507 e. The van der Waals surface area contributed by atoms with Crippen LogP contribution in [0.3, 0.4) is 0 Å². The first-order chi connectivity index (χ1) is 11.2. The second kappa shape index (κ2) is 6.94. The zero-order valence-electron chi connectivity index (χ0n) is 13.5. The number of anilines is 1. The maximum absolute atomic E-state index is 13.2. The number of methoxy groups -OCH3 is 1. The van der Waals surface area contributed by atoms with E-state index in [1.54, 1.807) is 26.0 Å². The summed E-state index contributed by atoms with van der Waals surface area (Å²) < 4.78 is 44.6. The Balaban J connectivity index is 2.26. The molecule has 8 heteroatoms. The number of benzene rings is 1. The van der Waals surface area contributed by atoms with Crippen molar-refractivity contribution in [1.29, 1.82) is 0 Å². The van der Waals surface area contributed by atoms with E-state index >= 15 is 0 Å². The van der Waals surface area contributed by atoms with E-state index in [0.717, 1.165) is 6.07 Å². The number of hydrogen-bond acceptors (Lipinski definition) is 5. The first-order valence-corrected chi connectivity index (χ1v) is 7.27. The smallest absolute Gasteiger partial charge is 0.420 e. The van der Waals surface area contributed by atoms with Gasteiger partial charge in [-0.05, 0) is 24.1 Å². The van der Waals surface area contributed by atoms with Crippen molar-refractivity contribution in [3.8, 4) is 11.5 Å². The molecule has 1 aromatic heterocycles. The first-order valence-electron chi connectivity index (χ1n) is 7.27. The van der Waals surface area contributed by atoms with Gasteiger partial charge in [0, 0.05) is 18.2 Å². The lowest BCUT2D eigenvalue weighted by Crippen LogP contribution is -2.15. The molecule has 0 saturated heterocycles. The second-order valence-electron chi connectivity index (χ2n) is 5.53. The van der Waals surface area contributed by atoms with E-state index in [4.69, 9.17) is 4.74 Å². The highest BCUT2D eigenvalue weighted by Crippen LogP contribution is 2.35. The van der Waals surface area contributed by atoms with Gasteiger partial charge in [0.15, 0.2) is 5.82 Å². The Labute approximate surface area is 137 Å². The van der Waals surface area contributed by atoms with Gasteiger partial charge in [-0.1, -0.05) is 13.8 Å². The number of nitrogens with zero attached hydrogens (tertiary/aromatic N) is 2. The summed E-state index contributed by atoms with van der Waals surface area (Å²) in [6, 6.07) is 5.54. The van der Waals surface area contributed by atoms with Crippen LogP contribution in [-0.2, 0) is 12.7 Å². The summed E-state index contributed by atoms with van der Waals surface area (Å²) in [7, 11) is 1.45. The van der Waals surface area contributed by atoms with Crippen LogP contribution in [0.5, 0.6) is 11.5 Å². The third-order valence-corrected chi connectivity index (χ3v) is 3.45. The Bertz CT molecular complexity index is 718. The average Bonchev–Trinajstić information content (AvgIpc) is 2.52. The lowest BCUT2D eigenvalue weighted by molar-refractivity contribution is -0.137. The van der Waals surface area contributed by atoms with E-state index < -0.39 is 11.7 Å². The van der Waals surface area contributed by atoms with Crippen molar-refractivity contribution in [3.05, 3.63) is 41.1 Å². The third-order valence-electron chi connectivity index (χ3n) is 3.45. The van der Waals surface area contributed by atoms with Gasteiger partial charge in [0.05, 0.1) is 12.8 Å². The maximum atomic E-state index is 13.2. The summed E-state index contributed by atoms with van der Waals surface area (Å²) in [6.45, 7) is 3.45. The van der Waals surface area contributed by atoms with Crippen molar-refractivity contribution in [2.75, 3.05) is 12.4 Å². The molecule has 0 radical (unpaired) electrons. The van der Waals surface area contributed by atoms with Gasteiger partial charge in [0.2, 0.25) is 0 Å². The van der Waals surface area contributed by atoms with Gasteiger partial charge in [-0.25, -0.2) is 0 Å². The van der Waals surface area contributed by atoms with Crippen LogP contribution < -0.4 is 10.1 Å². The Morgan fingerprint density at radius 1 is 1.21 bits per heavy atom. The summed E-state index contributed by atoms with van der Waals surface area (Å²) in [5.41, 5.74) is -0.201. The van der Waals surface area contributed by atoms with Crippen molar-refractivity contribution in [1.82, 2.24) is 10.2 Å². The lowest BCUT2D eigenvalue weighted by atomic mass is 10.1. The van der Waals surface area contributed by atoms with Gasteiger partial charge in [-0.15, -0.1) is 5.10 Å². The van der Waals surface area contributed by atoms with Gasteiger partial charge in [-0.2, -0.15) is 18.3 Å². The predicted molar refractivity (Wildman–Crippen MR) is 83.1 cm³/mol. The average molecular weight is 341 g/mol. The molecule has 1 aromatic carbocycles. The molecular weight excluding hydrogens is 323 g/mol. The van der Waals surface area contributed by atoms with Crippen LogP contribution in [-0.4, -0.2) is 22.4 Å². The quantitative estimate of drug-likeness (QED) is 0.862. The van der Waals surface area contributed by atoms with Crippen LogP contribution in [0, 0.1) is 0 Å². The molecule has 2 rings (SSSR count). The number of alkyl halides is 3. The molecule has 5 nitrogen and oxygen atoms in total. The standard InChI is InChI=1S/C16H18F3N3O2/c1-9(2)13-7-12(16(17,18)19)15(22-21-13)20-8-10-4-5-11(24-3)6-14(10)23/h4-7,9,23H,8H2,1-3H3,(H,20,22). The van der Waals surface area contributed by atoms with Crippen molar-refractivity contribution >= 4 is 5.82 Å². The first kappa shape index (κ1) is 17.8. The van der Waals surface area contributed by atoms with Gasteiger partial charge < -0.3 is 15.2 Å². The second-order valence-corrected chi connectivity index (χ2v) is 5.53. The summed E-state index contributed by atoms with van der Waals surface area (Å²) >= 11 is 0. The normalized spacial score (nSPS) is 11.6. The van der Waals surface area contributed by atoms with E-state index in [1.807, 2.05) is 0 Å². The number of phenols is 1. The molecule has 0 aliphatic heterocycles. The highest BCUT2D eigenvalue weighted by Gasteiger charge is 2.35. The molecule has 1 heterocycles. The van der Waals surface area contributed by atoms with E-state index in [1.165, 1.54) is 13.2 Å². The zero-order chi connectivity index (χ0) is 17.9. The fourth-order valence-electron chi connectivity index (χ4n) is 2.03. The molecule has 2 aromatic rings. The summed E-state index contributed by atoms with van der Waals surface area (Å²) in [4.78, 5) is 0. The summed E-state index contributed by atoms with van der Waals surface area (Å²) in [5.74, 6) is -0.170. The highest BCUT2D eigenvalue weighted by atomic mass is 19.4. The van der Waals surface area contributed by atoms with Crippen LogP contribution in [0.4, 0.5) is 19.0 Å². The number of phenolic OH excluding ortho intramolecular Hbond substituents is 1. The molecule has 0 atom stereocenters. The van der Waals surface area contributed by atoms with Crippen molar-refractivity contribution < 1.29 is 23.0 Å². The molecule has 0 aliphatic carbocycles. The molecule has 0 fully saturated rings. The predicted octanol–water partition coefficient (Wildman–Crippen LogP) is 3.95. The molecule has 24 heavy (non-hydrogen) atoms. The Morgan fingerprint density at radius 2 is 1.92 bits per heavy atom. The molecule has 0 spiro atoms. The van der Waals surface area contributed by atoms with E-state index in [9.17, 15) is 18.3 Å². The van der Waals surface area contributed by atoms with E-state index in [0.29, 0.717) is 11.3 Å². The van der Waals surface area contributed by atoms with Crippen LogP contribution in [0.15, 0.2) is 24.3 Å². The number of ether oxygens (including phenoxy) is 1. The van der Waals surface area contributed by atoms with Gasteiger partial charge in [0.1, 0.15) is 17.1 Å². The monoisotopic (exact) mass is 341 g/mol. The summed E-state index contributed by atoms with van der Waals surface area (Å²) in [6.07, 6.45) is -4.55. The molecule has 2 N–H and O–H groups in total. The van der Waals surface area contributed by atoms with E-state index in [-0.39, 0.29) is 29.7 Å². The molecular formula is C16H18F3N3O2. The van der Waals surface area contributed by atoms with Crippen molar-refractivity contribution in [2.45, 2.75) is 32.5 Å². The van der Waals surface area contributed by atoms with Crippen LogP contribution >= 0.6 is 0 Å². The third kappa shape index (κ3) is 4.06. The Hall–Kier alpha value is -2.51. The number of aromatic hydroxyl groups is 1. The molecule has 0 saturated carbocycles. The highest BCUT2D eigenvalue weighted by molar-refractivity contribution is 5.48. The minimum atomic E-state index is -4.55. The summed E-state index contributed by atoms with van der Waals surface area (Å²) in [5, 5.41) is 19.9. The number of hydrogen-bond donors (Lipinski definition) is 2. The minimum Gasteiger partial charge on any atom is -0.507 e. The van der Waals surface area contributed by atoms with E-state index in [2.05, 4.69) is 15.5 Å². The number of nitrogens with one attached hydrogen (secondary N) is 1. The molecule has 0 amide bonds. The Kier molecular flexibility index (Phi) is 5.16. The fourth-order valence-corrected chi connectivity index (χ4v) is 2.03. The van der Waals surface area contributed by atoms with Crippen molar-refractivity contribution in [3.63, 3.8) is 0 Å². The molecule has 0 unspecified atom stereocenters.